The number of furan rings is 1. The molecule has 32 heavy (non-hydrogen) atoms. The third-order valence-corrected chi connectivity index (χ3v) is 8.12. The molecule has 1 aromatic heterocycles. The van der Waals surface area contributed by atoms with E-state index in [1.807, 2.05) is 19.1 Å². The highest BCUT2D eigenvalue weighted by Gasteiger charge is 2.28. The van der Waals surface area contributed by atoms with Gasteiger partial charge in [0, 0.05) is 25.2 Å². The van der Waals surface area contributed by atoms with E-state index < -0.39 is 10.0 Å². The van der Waals surface area contributed by atoms with Crippen LogP contribution in [0, 0.1) is 6.92 Å². The predicted molar refractivity (Wildman–Crippen MR) is 120 cm³/mol. The lowest BCUT2D eigenvalue weighted by atomic mass is 10.1. The molecule has 0 unspecified atom stereocenters. The van der Waals surface area contributed by atoms with Gasteiger partial charge in [-0.25, -0.2) is 8.42 Å². The Morgan fingerprint density at radius 3 is 2.53 bits per heavy atom. The summed E-state index contributed by atoms with van der Waals surface area (Å²) in [7, 11) is -3.67. The van der Waals surface area contributed by atoms with Crippen LogP contribution in [0.1, 0.15) is 47.0 Å². The fourth-order valence-electron chi connectivity index (χ4n) is 4.35. The number of aryl methyl sites for hydroxylation is 1. The summed E-state index contributed by atoms with van der Waals surface area (Å²) in [6, 6.07) is 8.49. The SMILES string of the molecule is Cc1ccc(S(=O)(=O)N2CCOCC2)cc1C(=O)NC[C@@H](c1ccco1)N1CCCCC1. The van der Waals surface area contributed by atoms with Crippen LogP contribution in [0.3, 0.4) is 0 Å². The first kappa shape index (κ1) is 23.0. The highest BCUT2D eigenvalue weighted by Crippen LogP contribution is 2.25. The number of benzene rings is 1. The molecule has 0 bridgehead atoms. The smallest absolute Gasteiger partial charge is 0.251 e. The molecule has 2 aliphatic rings. The third kappa shape index (κ3) is 5.06. The van der Waals surface area contributed by atoms with Crippen molar-refractivity contribution in [3.8, 4) is 0 Å². The lowest BCUT2D eigenvalue weighted by Gasteiger charge is -2.33. The summed E-state index contributed by atoms with van der Waals surface area (Å²) in [5.41, 5.74) is 1.10. The lowest BCUT2D eigenvalue weighted by Crippen LogP contribution is -2.41. The van der Waals surface area contributed by atoms with Gasteiger partial charge in [0.2, 0.25) is 10.0 Å². The first-order valence-corrected chi connectivity index (χ1v) is 12.6. The second kappa shape index (κ2) is 10.2. The van der Waals surface area contributed by atoms with E-state index in [1.54, 1.807) is 18.4 Å². The standard InChI is InChI=1S/C23H31N3O5S/c1-18-7-8-19(32(28,29)26-11-14-30-15-12-26)16-20(18)23(27)24-17-21(22-6-5-13-31-22)25-9-3-2-4-10-25/h5-8,13,16,21H,2-4,9-12,14-15,17H2,1H3,(H,24,27)/t21-/m0/s1. The van der Waals surface area contributed by atoms with E-state index in [2.05, 4.69) is 10.2 Å². The molecule has 1 N–H and O–H groups in total. The van der Waals surface area contributed by atoms with Crippen molar-refractivity contribution in [3.63, 3.8) is 0 Å². The molecule has 8 nitrogen and oxygen atoms in total. The van der Waals surface area contributed by atoms with Crippen molar-refractivity contribution in [2.45, 2.75) is 37.1 Å². The average molecular weight is 462 g/mol. The van der Waals surface area contributed by atoms with Crippen molar-refractivity contribution in [2.75, 3.05) is 45.9 Å². The van der Waals surface area contributed by atoms with Crippen LogP contribution in [0.25, 0.3) is 0 Å². The minimum Gasteiger partial charge on any atom is -0.468 e. The number of morpholine rings is 1. The van der Waals surface area contributed by atoms with Gasteiger partial charge in [-0.2, -0.15) is 4.31 Å². The summed E-state index contributed by atoms with van der Waals surface area (Å²) >= 11 is 0. The molecule has 4 rings (SSSR count). The normalized spacial score (nSPS) is 19.5. The maximum atomic E-state index is 13.1. The van der Waals surface area contributed by atoms with Gasteiger partial charge in [0.05, 0.1) is 30.4 Å². The zero-order valence-electron chi connectivity index (χ0n) is 18.5. The second-order valence-electron chi connectivity index (χ2n) is 8.33. The van der Waals surface area contributed by atoms with Gasteiger partial charge >= 0.3 is 0 Å². The van der Waals surface area contributed by atoms with E-state index >= 15 is 0 Å². The van der Waals surface area contributed by atoms with E-state index in [0.29, 0.717) is 38.4 Å². The summed E-state index contributed by atoms with van der Waals surface area (Å²) in [6.07, 6.45) is 5.13. The lowest BCUT2D eigenvalue weighted by molar-refractivity contribution is 0.0730. The molecule has 0 radical (unpaired) electrons. The topological polar surface area (TPSA) is 92.1 Å². The molecule has 9 heteroatoms. The Morgan fingerprint density at radius 2 is 1.84 bits per heavy atom. The van der Waals surface area contributed by atoms with E-state index in [9.17, 15) is 13.2 Å². The maximum absolute atomic E-state index is 13.1. The van der Waals surface area contributed by atoms with Crippen LogP contribution in [-0.2, 0) is 14.8 Å². The number of nitrogens with one attached hydrogen (secondary N) is 1. The van der Waals surface area contributed by atoms with E-state index in [0.717, 1.165) is 37.3 Å². The molecule has 0 spiro atoms. The number of amides is 1. The zero-order valence-corrected chi connectivity index (χ0v) is 19.3. The molecule has 2 saturated heterocycles. The Hall–Kier alpha value is -2.20. The molecule has 2 aromatic rings. The van der Waals surface area contributed by atoms with Gasteiger partial charge < -0.3 is 14.5 Å². The Morgan fingerprint density at radius 1 is 1.09 bits per heavy atom. The number of rotatable bonds is 7. The van der Waals surface area contributed by atoms with Crippen LogP contribution in [0.5, 0.6) is 0 Å². The van der Waals surface area contributed by atoms with Gasteiger partial charge in [-0.1, -0.05) is 12.5 Å². The van der Waals surface area contributed by atoms with Gasteiger partial charge in [0.25, 0.3) is 5.91 Å². The van der Waals surface area contributed by atoms with Crippen molar-refractivity contribution in [2.24, 2.45) is 0 Å². The van der Waals surface area contributed by atoms with Crippen molar-refractivity contribution in [1.29, 1.82) is 0 Å². The molecule has 1 atom stereocenters. The van der Waals surface area contributed by atoms with Gasteiger partial charge in [0.15, 0.2) is 0 Å². The number of hydrogen-bond donors (Lipinski definition) is 1. The summed E-state index contributed by atoms with van der Waals surface area (Å²) in [4.78, 5) is 15.6. The first-order chi connectivity index (χ1) is 15.5. The Bertz CT molecular complexity index is 1010. The van der Waals surface area contributed by atoms with Gasteiger partial charge in [-0.05, 0) is 62.7 Å². The van der Waals surface area contributed by atoms with Crippen LogP contribution in [0.15, 0.2) is 45.9 Å². The number of nitrogens with zero attached hydrogens (tertiary/aromatic N) is 2. The molecule has 1 amide bonds. The van der Waals surface area contributed by atoms with E-state index in [4.69, 9.17) is 9.15 Å². The minimum absolute atomic E-state index is 0.0465. The van der Waals surface area contributed by atoms with E-state index in [-0.39, 0.29) is 16.8 Å². The molecule has 2 aliphatic heterocycles. The predicted octanol–water partition coefficient (Wildman–Crippen LogP) is 2.57. The summed E-state index contributed by atoms with van der Waals surface area (Å²) in [5.74, 6) is 0.544. The molecule has 0 saturated carbocycles. The van der Waals surface area contributed by atoms with Crippen molar-refractivity contribution >= 4 is 15.9 Å². The summed E-state index contributed by atoms with van der Waals surface area (Å²) < 4.78 is 38.4. The molecule has 2 fully saturated rings. The fourth-order valence-corrected chi connectivity index (χ4v) is 5.78. The van der Waals surface area contributed by atoms with Gasteiger partial charge in [-0.3, -0.25) is 9.69 Å². The molecular formula is C23H31N3O5S. The largest absolute Gasteiger partial charge is 0.468 e. The Kier molecular flexibility index (Phi) is 7.30. The molecule has 174 valence electrons. The number of piperidine rings is 1. The van der Waals surface area contributed by atoms with Gasteiger partial charge in [-0.15, -0.1) is 0 Å². The average Bonchev–Trinajstić information content (AvgIpc) is 3.35. The van der Waals surface area contributed by atoms with E-state index in [1.165, 1.54) is 16.8 Å². The van der Waals surface area contributed by atoms with Crippen LogP contribution in [-0.4, -0.2) is 69.5 Å². The van der Waals surface area contributed by atoms with Crippen molar-refractivity contribution in [1.82, 2.24) is 14.5 Å². The highest BCUT2D eigenvalue weighted by molar-refractivity contribution is 7.89. The van der Waals surface area contributed by atoms with Crippen molar-refractivity contribution < 1.29 is 22.4 Å². The maximum Gasteiger partial charge on any atom is 0.251 e. The van der Waals surface area contributed by atoms with Gasteiger partial charge in [0.1, 0.15) is 5.76 Å². The van der Waals surface area contributed by atoms with Crippen LogP contribution < -0.4 is 5.32 Å². The van der Waals surface area contributed by atoms with Crippen molar-refractivity contribution in [3.05, 3.63) is 53.5 Å². The highest BCUT2D eigenvalue weighted by atomic mass is 32.2. The van der Waals surface area contributed by atoms with Crippen LogP contribution in [0.4, 0.5) is 0 Å². The number of sulfonamides is 1. The zero-order chi connectivity index (χ0) is 22.6. The monoisotopic (exact) mass is 461 g/mol. The number of ether oxygens (including phenoxy) is 1. The summed E-state index contributed by atoms with van der Waals surface area (Å²) in [5, 5.41) is 3.01. The summed E-state index contributed by atoms with van der Waals surface area (Å²) in [6.45, 7) is 5.53. The molecule has 0 aliphatic carbocycles. The quantitative estimate of drug-likeness (QED) is 0.681. The molecule has 1 aromatic carbocycles. The number of hydrogen-bond acceptors (Lipinski definition) is 6. The second-order valence-corrected chi connectivity index (χ2v) is 10.3. The first-order valence-electron chi connectivity index (χ1n) is 11.2. The molecular weight excluding hydrogens is 430 g/mol. The number of carbonyl (C=O) groups is 1. The molecule has 3 heterocycles. The fraction of sp³-hybridized carbons (Fsp3) is 0.522. The Labute approximate surface area is 189 Å². The van der Waals surface area contributed by atoms with Crippen LogP contribution in [0.2, 0.25) is 0 Å². The number of carbonyl (C=O) groups excluding carboxylic acids is 1. The van der Waals surface area contributed by atoms with Crippen LogP contribution >= 0.6 is 0 Å². The third-order valence-electron chi connectivity index (χ3n) is 6.22. The minimum atomic E-state index is -3.67. The Balaban J connectivity index is 1.50. The number of likely N-dealkylation sites (tertiary alicyclic amines) is 1.